The second-order valence-electron chi connectivity index (χ2n) is 10.2. The lowest BCUT2D eigenvalue weighted by Crippen LogP contribution is -2.54. The third kappa shape index (κ3) is 10.7. The van der Waals surface area contributed by atoms with E-state index in [2.05, 4.69) is 26.6 Å². The van der Waals surface area contributed by atoms with E-state index < -0.39 is 66.2 Å². The standard InChI is InChI=1S/C27H41N7O10/c1-16(30-26(41)20(15-35)32-24(39)17-7-3-4-10-21(17)36)23(38)29-12-11-22(37)33(43)13-5-8-18(28-2)25(40)31-19-9-6-14-34(44)27(19)42/h3-4,7,10,16,18-20,28,35-36,43-44H,5-6,8-9,11-15H2,1-2H3,(H,29,38)(H,30,41)(H,31,40)(H,32,39). The maximum Gasteiger partial charge on any atom is 0.268 e. The number of aliphatic hydroxyl groups is 1. The summed E-state index contributed by atoms with van der Waals surface area (Å²) in [7, 11) is 1.55. The highest BCUT2D eigenvalue weighted by Crippen LogP contribution is 2.15. The second-order valence-corrected chi connectivity index (χ2v) is 10.2. The fourth-order valence-corrected chi connectivity index (χ4v) is 4.29. The van der Waals surface area contributed by atoms with Gasteiger partial charge in [-0.25, -0.2) is 10.1 Å². The molecule has 0 aromatic heterocycles. The molecule has 0 saturated carbocycles. The predicted octanol–water partition coefficient (Wildman–Crippen LogP) is -2.42. The van der Waals surface area contributed by atoms with Gasteiger partial charge in [0.05, 0.1) is 18.2 Å². The number of hydrogen-bond acceptors (Lipinski definition) is 11. The topological polar surface area (TPSA) is 250 Å². The van der Waals surface area contributed by atoms with E-state index >= 15 is 0 Å². The number of hydrogen-bond donors (Lipinski definition) is 9. The minimum atomic E-state index is -1.41. The van der Waals surface area contributed by atoms with Crippen molar-refractivity contribution in [1.29, 1.82) is 0 Å². The van der Waals surface area contributed by atoms with Crippen molar-refractivity contribution < 1.29 is 49.4 Å². The van der Waals surface area contributed by atoms with E-state index in [0.717, 1.165) is 0 Å². The van der Waals surface area contributed by atoms with E-state index in [1.54, 1.807) is 7.05 Å². The molecular weight excluding hydrogens is 582 g/mol. The Labute approximate surface area is 253 Å². The molecule has 1 aromatic rings. The van der Waals surface area contributed by atoms with E-state index in [1.165, 1.54) is 31.2 Å². The van der Waals surface area contributed by atoms with Crippen LogP contribution in [0.1, 0.15) is 49.4 Å². The summed E-state index contributed by atoms with van der Waals surface area (Å²) in [6.07, 6.45) is 1.13. The molecule has 0 spiro atoms. The van der Waals surface area contributed by atoms with E-state index in [4.69, 9.17) is 0 Å². The average Bonchev–Trinajstić information content (AvgIpc) is 2.99. The maximum atomic E-state index is 12.5. The summed E-state index contributed by atoms with van der Waals surface area (Å²) in [5, 5.41) is 52.4. The van der Waals surface area contributed by atoms with Gasteiger partial charge in [0.2, 0.25) is 23.6 Å². The van der Waals surface area contributed by atoms with Gasteiger partial charge >= 0.3 is 0 Å². The summed E-state index contributed by atoms with van der Waals surface area (Å²) in [5.41, 5.74) is -0.105. The second kappa shape index (κ2) is 17.7. The Morgan fingerprint density at radius 3 is 2.43 bits per heavy atom. The number of benzene rings is 1. The van der Waals surface area contributed by atoms with Crippen LogP contribution in [0, 0.1) is 0 Å². The number of nitrogens with one attached hydrogen (secondary N) is 5. The summed E-state index contributed by atoms with van der Waals surface area (Å²) >= 11 is 0. The van der Waals surface area contributed by atoms with Crippen LogP contribution in [0.25, 0.3) is 0 Å². The predicted molar refractivity (Wildman–Crippen MR) is 152 cm³/mol. The number of amides is 6. The van der Waals surface area contributed by atoms with Gasteiger partial charge in [-0.1, -0.05) is 12.1 Å². The molecule has 2 rings (SSSR count). The van der Waals surface area contributed by atoms with Crippen LogP contribution in [-0.2, 0) is 24.0 Å². The van der Waals surface area contributed by atoms with Gasteiger partial charge in [0, 0.05) is 26.1 Å². The van der Waals surface area contributed by atoms with E-state index in [1.807, 2.05) is 0 Å². The van der Waals surface area contributed by atoms with Gasteiger partial charge in [0.25, 0.3) is 11.8 Å². The van der Waals surface area contributed by atoms with Crippen LogP contribution in [0.3, 0.4) is 0 Å². The summed E-state index contributed by atoms with van der Waals surface area (Å²) in [6.45, 7) is 0.510. The number of aliphatic hydroxyl groups excluding tert-OH is 1. The minimum Gasteiger partial charge on any atom is -0.507 e. The molecule has 1 fully saturated rings. The van der Waals surface area contributed by atoms with E-state index in [9.17, 15) is 49.4 Å². The van der Waals surface area contributed by atoms with Crippen molar-refractivity contribution in [2.75, 3.05) is 33.3 Å². The number of para-hydroxylation sites is 1. The van der Waals surface area contributed by atoms with Crippen molar-refractivity contribution in [3.8, 4) is 5.75 Å². The molecule has 1 saturated heterocycles. The molecule has 4 unspecified atom stereocenters. The Hall–Kier alpha value is -4.32. The van der Waals surface area contributed by atoms with Crippen molar-refractivity contribution in [1.82, 2.24) is 36.7 Å². The highest BCUT2D eigenvalue weighted by Gasteiger charge is 2.31. The van der Waals surface area contributed by atoms with Gasteiger partial charge in [0.1, 0.15) is 23.9 Å². The highest BCUT2D eigenvalue weighted by atomic mass is 16.5. The van der Waals surface area contributed by atoms with Gasteiger partial charge in [-0.05, 0) is 51.8 Å². The summed E-state index contributed by atoms with van der Waals surface area (Å²) in [6, 6.07) is 1.58. The fraction of sp³-hybridized carbons (Fsp3) is 0.556. The zero-order chi connectivity index (χ0) is 32.8. The van der Waals surface area contributed by atoms with Gasteiger partial charge in [-0.3, -0.25) is 39.2 Å². The number of carbonyl (C=O) groups is 6. The number of likely N-dealkylation sites (N-methyl/N-ethyl adjacent to an activating group) is 1. The van der Waals surface area contributed by atoms with Gasteiger partial charge in [0.15, 0.2) is 0 Å². The Balaban J connectivity index is 1.70. The van der Waals surface area contributed by atoms with Crippen molar-refractivity contribution in [2.45, 2.75) is 63.2 Å². The molecule has 44 heavy (non-hydrogen) atoms. The van der Waals surface area contributed by atoms with Gasteiger partial charge in [-0.15, -0.1) is 0 Å². The fourth-order valence-electron chi connectivity index (χ4n) is 4.29. The number of phenols is 1. The smallest absolute Gasteiger partial charge is 0.268 e. The third-order valence-electron chi connectivity index (χ3n) is 6.89. The van der Waals surface area contributed by atoms with Gasteiger partial charge in [-0.2, -0.15) is 0 Å². The first-order valence-electron chi connectivity index (χ1n) is 14.1. The monoisotopic (exact) mass is 623 g/mol. The van der Waals surface area contributed by atoms with Crippen LogP contribution in [0.5, 0.6) is 5.75 Å². The number of piperidine rings is 1. The quantitative estimate of drug-likeness (QED) is 0.0692. The first-order chi connectivity index (χ1) is 20.9. The Bertz CT molecular complexity index is 1180. The molecule has 17 heteroatoms. The largest absolute Gasteiger partial charge is 0.507 e. The molecule has 1 aromatic carbocycles. The molecule has 1 aliphatic heterocycles. The summed E-state index contributed by atoms with van der Waals surface area (Å²) in [4.78, 5) is 73.9. The molecule has 0 bridgehead atoms. The average molecular weight is 624 g/mol. The third-order valence-corrected chi connectivity index (χ3v) is 6.89. The van der Waals surface area contributed by atoms with E-state index in [-0.39, 0.29) is 50.2 Å². The van der Waals surface area contributed by atoms with Crippen LogP contribution in [0.4, 0.5) is 0 Å². The Morgan fingerprint density at radius 1 is 1.07 bits per heavy atom. The summed E-state index contributed by atoms with van der Waals surface area (Å²) < 4.78 is 0. The molecule has 9 N–H and O–H groups in total. The Kier molecular flexibility index (Phi) is 14.4. The molecule has 1 heterocycles. The number of phenolic OH excluding ortho intramolecular Hbond substituents is 1. The molecule has 0 aliphatic carbocycles. The number of hydroxylamine groups is 4. The lowest BCUT2D eigenvalue weighted by molar-refractivity contribution is -0.173. The maximum absolute atomic E-state index is 12.5. The molecular formula is C27H41N7O10. The van der Waals surface area contributed by atoms with Crippen LogP contribution < -0.4 is 26.6 Å². The lowest BCUT2D eigenvalue weighted by Gasteiger charge is -2.29. The first kappa shape index (κ1) is 35.9. The Morgan fingerprint density at radius 2 is 1.77 bits per heavy atom. The van der Waals surface area contributed by atoms with Crippen molar-refractivity contribution in [2.24, 2.45) is 0 Å². The summed E-state index contributed by atoms with van der Waals surface area (Å²) in [5.74, 6) is -4.38. The van der Waals surface area contributed by atoms with Crippen LogP contribution in [-0.4, -0.2) is 124 Å². The molecule has 4 atom stereocenters. The molecule has 6 amide bonds. The number of nitrogens with zero attached hydrogens (tertiary/aromatic N) is 2. The zero-order valence-electron chi connectivity index (χ0n) is 24.6. The molecule has 0 radical (unpaired) electrons. The molecule has 1 aliphatic rings. The van der Waals surface area contributed by atoms with E-state index in [0.29, 0.717) is 23.0 Å². The molecule has 17 nitrogen and oxygen atoms in total. The lowest BCUT2D eigenvalue weighted by atomic mass is 10.0. The number of carbonyl (C=O) groups excluding carboxylic acids is 6. The minimum absolute atomic E-state index is 0.105. The van der Waals surface area contributed by atoms with Crippen LogP contribution >= 0.6 is 0 Å². The van der Waals surface area contributed by atoms with Crippen molar-refractivity contribution >= 4 is 35.4 Å². The van der Waals surface area contributed by atoms with Gasteiger partial charge < -0.3 is 36.8 Å². The number of rotatable bonds is 16. The number of aromatic hydroxyl groups is 1. The van der Waals surface area contributed by atoms with Crippen LogP contribution in [0.15, 0.2) is 24.3 Å². The van der Waals surface area contributed by atoms with Crippen molar-refractivity contribution in [3.63, 3.8) is 0 Å². The zero-order valence-corrected chi connectivity index (χ0v) is 24.6. The molecule has 244 valence electrons. The van der Waals surface area contributed by atoms with Crippen molar-refractivity contribution in [3.05, 3.63) is 29.8 Å². The first-order valence-corrected chi connectivity index (χ1v) is 14.1. The highest BCUT2D eigenvalue weighted by molar-refractivity contribution is 6.00. The van der Waals surface area contributed by atoms with Crippen LogP contribution in [0.2, 0.25) is 0 Å². The SMILES string of the molecule is CNC(CCCN(O)C(=O)CCNC(=O)C(C)NC(=O)C(CO)NC(=O)c1ccccc1O)C(=O)NC1CCCN(O)C1=O. The normalized spacial score (nSPS) is 16.7.